The maximum atomic E-state index is 12.1. The molecule has 0 spiro atoms. The van der Waals surface area contributed by atoms with E-state index in [0.717, 1.165) is 12.1 Å². The van der Waals surface area contributed by atoms with Crippen LogP contribution in [0.1, 0.15) is 16.1 Å². The second-order valence-electron chi connectivity index (χ2n) is 3.61. The monoisotopic (exact) mass is 265 g/mol. The average molecular weight is 265 g/mol. The van der Waals surface area contributed by atoms with Gasteiger partial charge in [-0.15, -0.1) is 0 Å². The Morgan fingerprint density at radius 3 is 2.68 bits per heavy atom. The highest BCUT2D eigenvalue weighted by molar-refractivity contribution is 6.08. The summed E-state index contributed by atoms with van der Waals surface area (Å²) in [5.41, 5.74) is 0.281. The predicted octanol–water partition coefficient (Wildman–Crippen LogP) is 2.62. The molecule has 0 aliphatic rings. The fourth-order valence-corrected chi connectivity index (χ4v) is 1.49. The molecule has 0 aliphatic heterocycles. The summed E-state index contributed by atoms with van der Waals surface area (Å²) in [6.45, 7) is -3.08. The van der Waals surface area contributed by atoms with E-state index in [2.05, 4.69) is 9.72 Å². The number of pyridine rings is 1. The van der Waals surface area contributed by atoms with Crippen molar-refractivity contribution in [1.29, 1.82) is 0 Å². The number of hydrogen-bond donors (Lipinski definition) is 1. The molecule has 98 valence electrons. The maximum absolute atomic E-state index is 12.1. The first kappa shape index (κ1) is 12.9. The lowest BCUT2D eigenvalue weighted by Gasteiger charge is -2.08. The Labute approximate surface area is 107 Å². The minimum atomic E-state index is -3.08. The van der Waals surface area contributed by atoms with Gasteiger partial charge in [0, 0.05) is 11.8 Å². The minimum absolute atomic E-state index is 0.104. The van der Waals surface area contributed by atoms with Crippen LogP contribution >= 0.6 is 0 Å². The molecule has 0 saturated heterocycles. The number of alkyl halides is 2. The molecule has 1 aromatic carbocycles. The number of aromatic hydroxyl groups is 1. The van der Waals surface area contributed by atoms with E-state index in [9.17, 15) is 18.7 Å². The summed E-state index contributed by atoms with van der Waals surface area (Å²) < 4.78 is 28.4. The van der Waals surface area contributed by atoms with Gasteiger partial charge in [0.1, 0.15) is 5.69 Å². The van der Waals surface area contributed by atoms with E-state index in [1.807, 2.05) is 0 Å². The number of ether oxygens (including phenoxy) is 1. The number of ketones is 1. The van der Waals surface area contributed by atoms with Gasteiger partial charge in [-0.2, -0.15) is 8.78 Å². The van der Waals surface area contributed by atoms with E-state index in [1.54, 1.807) is 12.1 Å². The number of phenolic OH excluding ortho intramolecular Hbond substituents is 1. The number of hydrogen-bond acceptors (Lipinski definition) is 4. The van der Waals surface area contributed by atoms with Gasteiger partial charge in [-0.3, -0.25) is 9.78 Å². The highest BCUT2D eigenvalue weighted by Gasteiger charge is 2.15. The largest absolute Gasteiger partial charge is 0.504 e. The van der Waals surface area contributed by atoms with Crippen molar-refractivity contribution in [1.82, 2.24) is 4.98 Å². The maximum Gasteiger partial charge on any atom is 0.387 e. The van der Waals surface area contributed by atoms with E-state index >= 15 is 0 Å². The van der Waals surface area contributed by atoms with Crippen LogP contribution < -0.4 is 4.74 Å². The summed E-state index contributed by atoms with van der Waals surface area (Å²) >= 11 is 0. The van der Waals surface area contributed by atoms with E-state index in [1.165, 1.54) is 18.3 Å². The Balaban J connectivity index is 2.33. The molecule has 0 radical (unpaired) electrons. The molecule has 0 unspecified atom stereocenters. The van der Waals surface area contributed by atoms with Gasteiger partial charge in [-0.1, -0.05) is 6.07 Å². The third-order valence-electron chi connectivity index (χ3n) is 2.34. The van der Waals surface area contributed by atoms with Crippen molar-refractivity contribution in [3.8, 4) is 11.5 Å². The molecule has 2 rings (SSSR count). The van der Waals surface area contributed by atoms with Crippen LogP contribution in [0.3, 0.4) is 0 Å². The normalized spacial score (nSPS) is 10.5. The van der Waals surface area contributed by atoms with Gasteiger partial charge in [-0.05, 0) is 30.3 Å². The van der Waals surface area contributed by atoms with Gasteiger partial charge in [0.15, 0.2) is 11.5 Å². The zero-order chi connectivity index (χ0) is 13.8. The number of phenols is 1. The number of carbonyl (C=O) groups excluding carboxylic acids is 1. The molecule has 0 fully saturated rings. The number of nitrogens with zero attached hydrogens (tertiary/aromatic N) is 1. The third-order valence-corrected chi connectivity index (χ3v) is 2.34. The SMILES string of the molecule is O=C(c1ccc(O)c(OC(F)F)c1)c1ccccn1. The van der Waals surface area contributed by atoms with Crippen LogP contribution in [-0.2, 0) is 0 Å². The summed E-state index contributed by atoms with van der Waals surface area (Å²) in [5, 5.41) is 9.35. The summed E-state index contributed by atoms with van der Waals surface area (Å²) in [6.07, 6.45) is 1.45. The molecule has 0 amide bonds. The first-order chi connectivity index (χ1) is 9.08. The number of rotatable bonds is 4. The van der Waals surface area contributed by atoms with Gasteiger partial charge in [0.05, 0.1) is 0 Å². The lowest BCUT2D eigenvalue weighted by molar-refractivity contribution is -0.0512. The molecular formula is C13H9F2NO3. The van der Waals surface area contributed by atoms with E-state index in [-0.39, 0.29) is 11.3 Å². The Morgan fingerprint density at radius 2 is 2.05 bits per heavy atom. The van der Waals surface area contributed by atoms with Crippen LogP contribution in [0.15, 0.2) is 42.6 Å². The lowest BCUT2D eigenvalue weighted by atomic mass is 10.1. The summed E-state index contributed by atoms with van der Waals surface area (Å²) in [6, 6.07) is 8.27. The molecule has 0 atom stereocenters. The number of benzene rings is 1. The van der Waals surface area contributed by atoms with Crippen molar-refractivity contribution in [3.63, 3.8) is 0 Å². The van der Waals surface area contributed by atoms with Crippen LogP contribution in [0, 0.1) is 0 Å². The molecule has 1 N–H and O–H groups in total. The van der Waals surface area contributed by atoms with Crippen LogP contribution in [0.5, 0.6) is 11.5 Å². The van der Waals surface area contributed by atoms with Crippen LogP contribution in [-0.4, -0.2) is 22.5 Å². The van der Waals surface area contributed by atoms with Crippen LogP contribution in [0.25, 0.3) is 0 Å². The molecule has 19 heavy (non-hydrogen) atoms. The fraction of sp³-hybridized carbons (Fsp3) is 0.0769. The van der Waals surface area contributed by atoms with E-state index < -0.39 is 23.9 Å². The van der Waals surface area contributed by atoms with E-state index in [4.69, 9.17) is 0 Å². The number of aromatic nitrogens is 1. The Morgan fingerprint density at radius 1 is 1.26 bits per heavy atom. The summed E-state index contributed by atoms with van der Waals surface area (Å²) in [4.78, 5) is 15.9. The molecule has 1 heterocycles. The molecule has 1 aromatic heterocycles. The van der Waals surface area contributed by atoms with Gasteiger partial charge in [-0.25, -0.2) is 0 Å². The molecular weight excluding hydrogens is 256 g/mol. The standard InChI is InChI=1S/C13H9F2NO3/c14-13(15)19-11-7-8(4-5-10(11)17)12(18)9-3-1-2-6-16-9/h1-7,13,17H. The zero-order valence-corrected chi connectivity index (χ0v) is 9.59. The molecule has 6 heteroatoms. The summed E-state index contributed by atoms with van der Waals surface area (Å²) in [5.74, 6) is -1.35. The second kappa shape index (κ2) is 5.43. The van der Waals surface area contributed by atoms with Crippen molar-refractivity contribution >= 4 is 5.78 Å². The van der Waals surface area contributed by atoms with Gasteiger partial charge in [0.2, 0.25) is 5.78 Å². The smallest absolute Gasteiger partial charge is 0.387 e. The molecule has 0 saturated carbocycles. The highest BCUT2D eigenvalue weighted by atomic mass is 19.3. The predicted molar refractivity (Wildman–Crippen MR) is 62.4 cm³/mol. The third kappa shape index (κ3) is 3.04. The van der Waals surface area contributed by atoms with Crippen LogP contribution in [0.4, 0.5) is 8.78 Å². The molecule has 4 nitrogen and oxygen atoms in total. The molecule has 0 bridgehead atoms. The highest BCUT2D eigenvalue weighted by Crippen LogP contribution is 2.29. The zero-order valence-electron chi connectivity index (χ0n) is 9.59. The van der Waals surface area contributed by atoms with Crippen LogP contribution in [0.2, 0.25) is 0 Å². The van der Waals surface area contributed by atoms with Crippen molar-refractivity contribution in [3.05, 3.63) is 53.9 Å². The Kier molecular flexibility index (Phi) is 3.70. The van der Waals surface area contributed by atoms with E-state index in [0.29, 0.717) is 0 Å². The van der Waals surface area contributed by atoms with Gasteiger partial charge >= 0.3 is 6.61 Å². The quantitative estimate of drug-likeness (QED) is 0.863. The first-order valence-electron chi connectivity index (χ1n) is 5.31. The van der Waals surface area contributed by atoms with Crippen molar-refractivity contribution in [2.24, 2.45) is 0 Å². The van der Waals surface area contributed by atoms with Gasteiger partial charge in [0.25, 0.3) is 0 Å². The Hall–Kier alpha value is -2.50. The molecule has 0 aliphatic carbocycles. The summed E-state index contributed by atoms with van der Waals surface area (Å²) in [7, 11) is 0. The average Bonchev–Trinajstić information content (AvgIpc) is 2.41. The minimum Gasteiger partial charge on any atom is -0.504 e. The lowest BCUT2D eigenvalue weighted by Crippen LogP contribution is -2.06. The van der Waals surface area contributed by atoms with Crippen molar-refractivity contribution in [2.75, 3.05) is 0 Å². The topological polar surface area (TPSA) is 59.4 Å². The fourth-order valence-electron chi connectivity index (χ4n) is 1.49. The molecule has 2 aromatic rings. The van der Waals surface area contributed by atoms with Gasteiger partial charge < -0.3 is 9.84 Å². The Bertz CT molecular complexity index is 588. The second-order valence-corrected chi connectivity index (χ2v) is 3.61. The van der Waals surface area contributed by atoms with Crippen molar-refractivity contribution < 1.29 is 23.4 Å². The number of halogens is 2. The van der Waals surface area contributed by atoms with Crippen molar-refractivity contribution in [2.45, 2.75) is 6.61 Å². The first-order valence-corrected chi connectivity index (χ1v) is 5.31. The number of carbonyl (C=O) groups is 1.